The number of nitrogens with zero attached hydrogens (tertiary/aromatic N) is 1. The van der Waals surface area contributed by atoms with Crippen molar-refractivity contribution in [2.75, 3.05) is 25.5 Å². The zero-order chi connectivity index (χ0) is 13.8. The van der Waals surface area contributed by atoms with E-state index in [2.05, 4.69) is 15.5 Å². The first-order chi connectivity index (χ1) is 9.04. The predicted molar refractivity (Wildman–Crippen MR) is 69.0 cm³/mol. The van der Waals surface area contributed by atoms with Gasteiger partial charge in [0.25, 0.3) is 0 Å². The summed E-state index contributed by atoms with van der Waals surface area (Å²) in [5.74, 6) is -1.91. The Morgan fingerprint density at radius 1 is 1.37 bits per heavy atom. The quantitative estimate of drug-likeness (QED) is 0.864. The molecule has 1 fully saturated rings. The highest BCUT2D eigenvalue weighted by atomic mass is 19.2. The van der Waals surface area contributed by atoms with Crippen molar-refractivity contribution in [3.05, 3.63) is 29.8 Å². The van der Waals surface area contributed by atoms with Crippen molar-refractivity contribution in [2.45, 2.75) is 18.9 Å². The number of rotatable bonds is 2. The maximum Gasteiger partial charge on any atom is 0.319 e. The number of hydrogen-bond donors (Lipinski definition) is 2. The Balaban J connectivity index is 1.88. The average molecular weight is 269 g/mol. The van der Waals surface area contributed by atoms with E-state index in [0.29, 0.717) is 0 Å². The van der Waals surface area contributed by atoms with Crippen molar-refractivity contribution < 1.29 is 13.6 Å². The fraction of sp³-hybridized carbons (Fsp3) is 0.462. The SMILES string of the molecule is CN1CCC[C@@H](NC(=O)Nc2ccc(F)c(F)c2)C1. The van der Waals surface area contributed by atoms with E-state index in [9.17, 15) is 13.6 Å². The van der Waals surface area contributed by atoms with Gasteiger partial charge in [0.2, 0.25) is 0 Å². The van der Waals surface area contributed by atoms with Gasteiger partial charge in [0, 0.05) is 24.3 Å². The van der Waals surface area contributed by atoms with E-state index in [1.165, 1.54) is 6.07 Å². The molecule has 2 N–H and O–H groups in total. The van der Waals surface area contributed by atoms with Gasteiger partial charge in [-0.05, 0) is 38.6 Å². The molecule has 0 aliphatic carbocycles. The van der Waals surface area contributed by atoms with Crippen LogP contribution in [0.2, 0.25) is 0 Å². The molecule has 0 aromatic heterocycles. The van der Waals surface area contributed by atoms with E-state index in [0.717, 1.165) is 38.1 Å². The van der Waals surface area contributed by atoms with Crippen molar-refractivity contribution in [1.29, 1.82) is 0 Å². The summed E-state index contributed by atoms with van der Waals surface area (Å²) >= 11 is 0. The molecule has 1 heterocycles. The van der Waals surface area contributed by atoms with Crippen LogP contribution in [0.25, 0.3) is 0 Å². The number of amides is 2. The molecule has 19 heavy (non-hydrogen) atoms. The lowest BCUT2D eigenvalue weighted by Gasteiger charge is -2.30. The second-order valence-corrected chi connectivity index (χ2v) is 4.83. The second kappa shape index (κ2) is 5.97. The molecule has 0 radical (unpaired) electrons. The lowest BCUT2D eigenvalue weighted by atomic mass is 10.1. The van der Waals surface area contributed by atoms with Crippen molar-refractivity contribution >= 4 is 11.7 Å². The topological polar surface area (TPSA) is 44.4 Å². The molecule has 0 unspecified atom stereocenters. The largest absolute Gasteiger partial charge is 0.334 e. The van der Waals surface area contributed by atoms with Crippen LogP contribution in [0.3, 0.4) is 0 Å². The molecule has 0 spiro atoms. The Hall–Kier alpha value is -1.69. The smallest absolute Gasteiger partial charge is 0.319 e. The predicted octanol–water partition coefficient (Wildman–Crippen LogP) is 2.18. The summed E-state index contributed by atoms with van der Waals surface area (Å²) in [4.78, 5) is 13.9. The van der Waals surface area contributed by atoms with Crippen LogP contribution in [0.15, 0.2) is 18.2 Å². The maximum absolute atomic E-state index is 13.0. The number of urea groups is 1. The van der Waals surface area contributed by atoms with E-state index in [-0.39, 0.29) is 11.7 Å². The minimum Gasteiger partial charge on any atom is -0.334 e. The normalized spacial score (nSPS) is 20.1. The molecule has 1 atom stereocenters. The van der Waals surface area contributed by atoms with Gasteiger partial charge in [-0.25, -0.2) is 13.6 Å². The number of likely N-dealkylation sites (N-methyl/N-ethyl adjacent to an activating group) is 1. The van der Waals surface area contributed by atoms with Crippen molar-refractivity contribution in [2.24, 2.45) is 0 Å². The third kappa shape index (κ3) is 3.89. The molecule has 0 saturated carbocycles. The monoisotopic (exact) mass is 269 g/mol. The first kappa shape index (κ1) is 13.7. The number of benzene rings is 1. The third-order valence-electron chi connectivity index (χ3n) is 3.14. The van der Waals surface area contributed by atoms with Gasteiger partial charge in [-0.3, -0.25) is 0 Å². The number of halogens is 2. The van der Waals surface area contributed by atoms with E-state index in [4.69, 9.17) is 0 Å². The lowest BCUT2D eigenvalue weighted by Crippen LogP contribution is -2.47. The van der Waals surface area contributed by atoms with Gasteiger partial charge in [-0.1, -0.05) is 0 Å². The van der Waals surface area contributed by atoms with Gasteiger partial charge < -0.3 is 15.5 Å². The first-order valence-corrected chi connectivity index (χ1v) is 6.25. The highest BCUT2D eigenvalue weighted by Crippen LogP contribution is 2.13. The highest BCUT2D eigenvalue weighted by molar-refractivity contribution is 5.89. The zero-order valence-corrected chi connectivity index (χ0v) is 10.7. The molecule has 1 aliphatic rings. The fourth-order valence-electron chi connectivity index (χ4n) is 2.21. The van der Waals surface area contributed by atoms with Crippen molar-refractivity contribution in [3.8, 4) is 0 Å². The highest BCUT2D eigenvalue weighted by Gasteiger charge is 2.18. The van der Waals surface area contributed by atoms with E-state index >= 15 is 0 Å². The Labute approximate surface area is 110 Å². The van der Waals surface area contributed by atoms with Gasteiger partial charge in [0.15, 0.2) is 11.6 Å². The van der Waals surface area contributed by atoms with Gasteiger partial charge in [-0.2, -0.15) is 0 Å². The number of likely N-dealkylation sites (tertiary alicyclic amines) is 1. The molecule has 104 valence electrons. The van der Waals surface area contributed by atoms with Crippen LogP contribution in [-0.4, -0.2) is 37.1 Å². The molecular formula is C13H17F2N3O. The number of nitrogens with one attached hydrogen (secondary N) is 2. The first-order valence-electron chi connectivity index (χ1n) is 6.25. The van der Waals surface area contributed by atoms with E-state index < -0.39 is 17.7 Å². The molecule has 2 rings (SSSR count). The summed E-state index contributed by atoms with van der Waals surface area (Å²) < 4.78 is 25.7. The summed E-state index contributed by atoms with van der Waals surface area (Å²) in [6.45, 7) is 1.83. The van der Waals surface area contributed by atoms with E-state index in [1.807, 2.05) is 7.05 Å². The van der Waals surface area contributed by atoms with Crippen LogP contribution < -0.4 is 10.6 Å². The standard InChI is InChI=1S/C13H17F2N3O/c1-18-6-2-3-10(8-18)17-13(19)16-9-4-5-11(14)12(15)7-9/h4-5,7,10H,2-3,6,8H2,1H3,(H2,16,17,19)/t10-/m1/s1. The molecule has 1 aliphatic heterocycles. The summed E-state index contributed by atoms with van der Waals surface area (Å²) in [5, 5.41) is 5.32. The van der Waals surface area contributed by atoms with Gasteiger partial charge in [-0.15, -0.1) is 0 Å². The Morgan fingerprint density at radius 2 is 2.16 bits per heavy atom. The maximum atomic E-state index is 13.0. The molecule has 1 aromatic carbocycles. The summed E-state index contributed by atoms with van der Waals surface area (Å²) in [6, 6.07) is 2.96. The molecule has 6 heteroatoms. The lowest BCUT2D eigenvalue weighted by molar-refractivity contribution is 0.216. The molecule has 2 amide bonds. The molecule has 4 nitrogen and oxygen atoms in total. The summed E-state index contributed by atoms with van der Waals surface area (Å²) in [6.07, 6.45) is 1.96. The molecule has 1 aromatic rings. The fourth-order valence-corrected chi connectivity index (χ4v) is 2.21. The minimum atomic E-state index is -0.977. The van der Waals surface area contributed by atoms with Crippen molar-refractivity contribution in [3.63, 3.8) is 0 Å². The second-order valence-electron chi connectivity index (χ2n) is 4.83. The van der Waals surface area contributed by atoms with E-state index in [1.54, 1.807) is 0 Å². The molecular weight excluding hydrogens is 252 g/mol. The van der Waals surface area contributed by atoms with Crippen LogP contribution in [0.1, 0.15) is 12.8 Å². The van der Waals surface area contributed by atoms with Crippen molar-refractivity contribution in [1.82, 2.24) is 10.2 Å². The average Bonchev–Trinajstić information content (AvgIpc) is 2.34. The zero-order valence-electron chi connectivity index (χ0n) is 10.7. The minimum absolute atomic E-state index is 0.0871. The summed E-state index contributed by atoms with van der Waals surface area (Å²) in [7, 11) is 2.00. The number of anilines is 1. The van der Waals surface area contributed by atoms with Crippen LogP contribution in [0.4, 0.5) is 19.3 Å². The number of hydrogen-bond acceptors (Lipinski definition) is 2. The van der Waals surface area contributed by atoms with Crippen LogP contribution >= 0.6 is 0 Å². The van der Waals surface area contributed by atoms with Crippen LogP contribution in [-0.2, 0) is 0 Å². The summed E-state index contributed by atoms with van der Waals surface area (Å²) in [5.41, 5.74) is 0.237. The van der Waals surface area contributed by atoms with Gasteiger partial charge in [0.05, 0.1) is 0 Å². The third-order valence-corrected chi connectivity index (χ3v) is 3.14. The number of carbonyl (C=O) groups is 1. The molecule has 0 bridgehead atoms. The Bertz CT molecular complexity index is 467. The van der Waals surface area contributed by atoms with Crippen LogP contribution in [0, 0.1) is 11.6 Å². The molecule has 1 saturated heterocycles. The Morgan fingerprint density at radius 3 is 2.84 bits per heavy atom. The van der Waals surface area contributed by atoms with Crippen LogP contribution in [0.5, 0.6) is 0 Å². The number of carbonyl (C=O) groups excluding carboxylic acids is 1. The number of piperidine rings is 1. The Kier molecular flexibility index (Phi) is 4.31. The van der Waals surface area contributed by atoms with Gasteiger partial charge >= 0.3 is 6.03 Å². The van der Waals surface area contributed by atoms with Gasteiger partial charge in [0.1, 0.15) is 0 Å².